The van der Waals surface area contributed by atoms with Crippen LogP contribution >= 0.6 is 15.9 Å². The molecule has 1 saturated heterocycles. The number of hydrogen-bond donors (Lipinski definition) is 0. The van der Waals surface area contributed by atoms with E-state index in [0.717, 1.165) is 20.9 Å². The van der Waals surface area contributed by atoms with Crippen molar-refractivity contribution in [3.63, 3.8) is 0 Å². The zero-order chi connectivity index (χ0) is 23.3. The molecule has 1 aliphatic heterocycles. The summed E-state index contributed by atoms with van der Waals surface area (Å²) in [5, 5.41) is 0.997. The lowest BCUT2D eigenvalue weighted by Gasteiger charge is -2.43. The van der Waals surface area contributed by atoms with E-state index in [1.54, 1.807) is 39.8 Å². The molecule has 0 N–H and O–H groups in total. The van der Waals surface area contributed by atoms with E-state index in [2.05, 4.69) is 20.9 Å². The van der Waals surface area contributed by atoms with Gasteiger partial charge in [0.2, 0.25) is 5.88 Å². The molecule has 0 atom stereocenters. The quantitative estimate of drug-likeness (QED) is 0.405. The highest BCUT2D eigenvalue weighted by Crippen LogP contribution is 2.41. The van der Waals surface area contributed by atoms with E-state index in [1.807, 2.05) is 43.3 Å². The second-order valence-corrected chi connectivity index (χ2v) is 10.0. The molecule has 0 radical (unpaired) electrons. The summed E-state index contributed by atoms with van der Waals surface area (Å²) in [5.74, 6) is -0.385. The molecule has 6 heteroatoms. The zero-order valence-corrected chi connectivity index (χ0v) is 20.4. The molecule has 1 aromatic heterocycles. The van der Waals surface area contributed by atoms with Crippen LogP contribution in [0, 0.1) is 0 Å². The van der Waals surface area contributed by atoms with E-state index >= 15 is 0 Å². The fourth-order valence-corrected chi connectivity index (χ4v) is 4.70. The van der Waals surface area contributed by atoms with Gasteiger partial charge in [-0.3, -0.25) is 9.59 Å². The molecular weight excluding hydrogens is 470 g/mol. The Morgan fingerprint density at radius 2 is 1.66 bits per heavy atom. The Morgan fingerprint density at radius 1 is 0.969 bits per heavy atom. The summed E-state index contributed by atoms with van der Waals surface area (Å²) in [5.41, 5.74) is 0.313. The summed E-state index contributed by atoms with van der Waals surface area (Å²) < 4.78 is 12.9. The topological polar surface area (TPSA) is 65.5 Å². The molecule has 0 bridgehead atoms. The van der Waals surface area contributed by atoms with E-state index in [4.69, 9.17) is 9.47 Å². The monoisotopic (exact) mass is 495 g/mol. The van der Waals surface area contributed by atoms with E-state index < -0.39 is 17.1 Å². The normalized spacial score (nSPS) is 18.2. The fourth-order valence-electron chi connectivity index (χ4n) is 4.32. The van der Waals surface area contributed by atoms with Gasteiger partial charge in [0.25, 0.3) is 0 Å². The van der Waals surface area contributed by atoms with Gasteiger partial charge in [0.15, 0.2) is 11.6 Å². The Balaban J connectivity index is 1.74. The van der Waals surface area contributed by atoms with Gasteiger partial charge in [-0.2, -0.15) is 0 Å². The first-order valence-electron chi connectivity index (χ1n) is 10.7. The first kappa shape index (κ1) is 22.6. The van der Waals surface area contributed by atoms with Crippen molar-refractivity contribution in [3.05, 3.63) is 64.1 Å². The molecule has 4 rings (SSSR count). The summed E-state index contributed by atoms with van der Waals surface area (Å²) in [6.45, 7) is 8.90. The number of ether oxygens (including phenoxy) is 2. The van der Waals surface area contributed by atoms with Crippen LogP contribution in [-0.2, 0) is 20.7 Å². The Morgan fingerprint density at radius 3 is 2.31 bits per heavy atom. The molecule has 0 aliphatic carbocycles. The van der Waals surface area contributed by atoms with Crippen LogP contribution in [0.2, 0.25) is 0 Å². The second-order valence-electron chi connectivity index (χ2n) is 9.09. The van der Waals surface area contributed by atoms with Crippen molar-refractivity contribution in [1.29, 1.82) is 0 Å². The number of carbonyl (C=O) groups excluding carboxylic acids is 2. The Labute approximate surface area is 196 Å². The minimum Gasteiger partial charge on any atom is -0.439 e. The van der Waals surface area contributed by atoms with Gasteiger partial charge in [0, 0.05) is 15.9 Å². The molecule has 0 amide bonds. The third-order valence-electron chi connectivity index (χ3n) is 5.88. The number of nitrogens with zero attached hydrogens (tertiary/aromatic N) is 1. The van der Waals surface area contributed by atoms with Crippen molar-refractivity contribution >= 4 is 38.4 Å². The van der Waals surface area contributed by atoms with Gasteiger partial charge in [-0.1, -0.05) is 28.9 Å². The van der Waals surface area contributed by atoms with E-state index in [0.29, 0.717) is 23.6 Å². The number of halogens is 1. The molecule has 3 aromatic rings. The Bertz CT molecular complexity index is 1210. The SMILES string of the molecule is CCc1ccc(Oc2ccc3cc(Br)ccc3n2)cc1C1C(=O)C(C)(C)OC(C)(C)C1=O. The van der Waals surface area contributed by atoms with E-state index in [1.165, 1.54) is 0 Å². The van der Waals surface area contributed by atoms with Crippen molar-refractivity contribution < 1.29 is 19.1 Å². The summed E-state index contributed by atoms with van der Waals surface area (Å²) in [6.07, 6.45) is 0.692. The largest absolute Gasteiger partial charge is 0.439 e. The molecule has 0 unspecified atom stereocenters. The molecule has 0 spiro atoms. The fraction of sp³-hybridized carbons (Fsp3) is 0.346. The average Bonchev–Trinajstić information content (AvgIpc) is 2.72. The van der Waals surface area contributed by atoms with Crippen LogP contribution in [0.25, 0.3) is 10.9 Å². The first-order valence-corrected chi connectivity index (χ1v) is 11.5. The van der Waals surface area contributed by atoms with Crippen LogP contribution < -0.4 is 4.74 Å². The van der Waals surface area contributed by atoms with Gasteiger partial charge in [-0.25, -0.2) is 4.98 Å². The minimum absolute atomic E-state index is 0.233. The van der Waals surface area contributed by atoms with Gasteiger partial charge in [0.05, 0.1) is 5.52 Å². The van der Waals surface area contributed by atoms with Crippen LogP contribution in [0.1, 0.15) is 51.7 Å². The third-order valence-corrected chi connectivity index (χ3v) is 6.37. The van der Waals surface area contributed by atoms with Crippen LogP contribution in [0.4, 0.5) is 0 Å². The Kier molecular flexibility index (Phi) is 5.72. The lowest BCUT2D eigenvalue weighted by molar-refractivity contribution is -0.184. The van der Waals surface area contributed by atoms with Crippen LogP contribution in [0.3, 0.4) is 0 Å². The van der Waals surface area contributed by atoms with Crippen LogP contribution in [0.15, 0.2) is 53.0 Å². The molecule has 5 nitrogen and oxygen atoms in total. The standard InChI is InChI=1S/C26H26BrNO4/c1-6-15-7-10-18(31-21-12-8-16-13-17(27)9-11-20(16)28-21)14-19(15)22-23(29)25(2,3)32-26(4,5)24(22)30/h7-14,22H,6H2,1-5H3. The highest BCUT2D eigenvalue weighted by atomic mass is 79.9. The molecule has 0 saturated carbocycles. The summed E-state index contributed by atoms with van der Waals surface area (Å²) in [7, 11) is 0. The second kappa shape index (κ2) is 8.09. The minimum atomic E-state index is -1.06. The van der Waals surface area contributed by atoms with Crippen LogP contribution in [-0.4, -0.2) is 27.8 Å². The smallest absolute Gasteiger partial charge is 0.219 e. The highest BCUT2D eigenvalue weighted by Gasteiger charge is 2.53. The lowest BCUT2D eigenvalue weighted by atomic mass is 9.73. The van der Waals surface area contributed by atoms with Crippen molar-refractivity contribution in [3.8, 4) is 11.6 Å². The third kappa shape index (κ3) is 4.09. The molecular formula is C26H26BrNO4. The lowest BCUT2D eigenvalue weighted by Crippen LogP contribution is -2.58. The van der Waals surface area contributed by atoms with E-state index in [-0.39, 0.29) is 11.6 Å². The number of carbonyl (C=O) groups is 2. The number of rotatable bonds is 4. The number of ketones is 2. The van der Waals surface area contributed by atoms with Crippen molar-refractivity contribution in [2.24, 2.45) is 0 Å². The van der Waals surface area contributed by atoms with E-state index in [9.17, 15) is 9.59 Å². The summed E-state index contributed by atoms with van der Waals surface area (Å²) >= 11 is 3.47. The molecule has 2 heterocycles. The molecule has 2 aromatic carbocycles. The van der Waals surface area contributed by atoms with Gasteiger partial charge in [0.1, 0.15) is 22.9 Å². The van der Waals surface area contributed by atoms with Gasteiger partial charge in [-0.05, 0) is 81.6 Å². The predicted octanol–water partition coefficient (Wildman–Crippen LogP) is 6.16. The van der Waals surface area contributed by atoms with Crippen molar-refractivity contribution in [2.75, 3.05) is 0 Å². The number of hydrogen-bond acceptors (Lipinski definition) is 5. The molecule has 1 fully saturated rings. The predicted molar refractivity (Wildman–Crippen MR) is 127 cm³/mol. The number of fused-ring (bicyclic) bond motifs is 1. The number of benzene rings is 2. The van der Waals surface area contributed by atoms with Gasteiger partial charge in [-0.15, -0.1) is 0 Å². The summed E-state index contributed by atoms with van der Waals surface area (Å²) in [4.78, 5) is 31.1. The summed E-state index contributed by atoms with van der Waals surface area (Å²) in [6, 6.07) is 15.1. The van der Waals surface area contributed by atoms with Crippen molar-refractivity contribution in [2.45, 2.75) is 58.2 Å². The number of pyridine rings is 1. The van der Waals surface area contributed by atoms with Crippen molar-refractivity contribution in [1.82, 2.24) is 4.98 Å². The van der Waals surface area contributed by atoms with Gasteiger partial charge >= 0.3 is 0 Å². The Hall–Kier alpha value is -2.57. The highest BCUT2D eigenvalue weighted by molar-refractivity contribution is 9.10. The number of aryl methyl sites for hydroxylation is 1. The molecule has 1 aliphatic rings. The maximum absolute atomic E-state index is 13.3. The maximum Gasteiger partial charge on any atom is 0.219 e. The average molecular weight is 496 g/mol. The van der Waals surface area contributed by atoms with Crippen LogP contribution in [0.5, 0.6) is 11.6 Å². The number of aromatic nitrogens is 1. The number of Topliss-reactive ketones (excluding diaryl/α,β-unsaturated/α-hetero) is 2. The molecule has 166 valence electrons. The molecule has 32 heavy (non-hydrogen) atoms. The maximum atomic E-state index is 13.3. The first-order chi connectivity index (χ1) is 15.0. The van der Waals surface area contributed by atoms with Gasteiger partial charge < -0.3 is 9.47 Å². The zero-order valence-electron chi connectivity index (χ0n) is 18.9.